The van der Waals surface area contributed by atoms with E-state index in [9.17, 15) is 13.6 Å². The van der Waals surface area contributed by atoms with E-state index < -0.39 is 6.61 Å². The zero-order valence-corrected chi connectivity index (χ0v) is 20.3. The van der Waals surface area contributed by atoms with Crippen LogP contribution in [0.15, 0.2) is 36.7 Å². The maximum Gasteiger partial charge on any atom is 0.387 e. The summed E-state index contributed by atoms with van der Waals surface area (Å²) in [6, 6.07) is 6.97. The van der Waals surface area contributed by atoms with E-state index in [1.807, 2.05) is 22.7 Å². The molecule has 2 bridgehead atoms. The van der Waals surface area contributed by atoms with E-state index >= 15 is 0 Å². The molecule has 1 unspecified atom stereocenters. The van der Waals surface area contributed by atoms with Gasteiger partial charge >= 0.3 is 6.61 Å². The highest BCUT2D eigenvalue weighted by atomic mass is 19.3. The van der Waals surface area contributed by atoms with Gasteiger partial charge in [-0.05, 0) is 68.1 Å². The van der Waals surface area contributed by atoms with E-state index in [0.717, 1.165) is 43.3 Å². The molecule has 2 heterocycles. The fourth-order valence-corrected chi connectivity index (χ4v) is 6.03. The van der Waals surface area contributed by atoms with Crippen molar-refractivity contribution in [1.29, 1.82) is 0 Å². The Morgan fingerprint density at radius 1 is 1.08 bits per heavy atom. The molecule has 0 saturated heterocycles. The molecule has 6 nitrogen and oxygen atoms in total. The standard InChI is InChI=1S/C28H30F2N2O4/c1-34-24-12-19(13-25(36-28(29)30)27(24)23(33)11-16-2-3-16)22-15-31-26-14-20(6-7-32(22)26)35-21-9-17-4-5-18(8-17)10-21/h6-7,12-18,21,28H,2-5,8-11H2,1H3/t17-,18+,21?. The molecular formula is C28H30F2N2O4. The van der Waals surface area contributed by atoms with Crippen LogP contribution in [0.2, 0.25) is 0 Å². The Bertz CT molecular complexity index is 1270. The molecule has 3 aromatic rings. The number of alkyl halides is 2. The van der Waals surface area contributed by atoms with Gasteiger partial charge in [0.2, 0.25) is 0 Å². The number of fused-ring (bicyclic) bond motifs is 3. The molecule has 36 heavy (non-hydrogen) atoms. The second-order valence-electron chi connectivity index (χ2n) is 10.5. The van der Waals surface area contributed by atoms with Crippen molar-refractivity contribution in [3.63, 3.8) is 0 Å². The number of methoxy groups -OCH3 is 1. The number of ketones is 1. The van der Waals surface area contributed by atoms with E-state index in [1.165, 1.54) is 32.4 Å². The minimum atomic E-state index is -3.06. The van der Waals surface area contributed by atoms with Crippen LogP contribution < -0.4 is 14.2 Å². The number of ether oxygens (including phenoxy) is 3. The third-order valence-electron chi connectivity index (χ3n) is 7.88. The first kappa shape index (κ1) is 23.3. The van der Waals surface area contributed by atoms with Crippen LogP contribution in [0.4, 0.5) is 8.78 Å². The van der Waals surface area contributed by atoms with Crippen LogP contribution >= 0.6 is 0 Å². The summed E-state index contributed by atoms with van der Waals surface area (Å²) in [6.45, 7) is -3.06. The fraction of sp³-hybridized carbons (Fsp3) is 0.500. The van der Waals surface area contributed by atoms with E-state index in [0.29, 0.717) is 29.2 Å². The lowest BCUT2D eigenvalue weighted by Gasteiger charge is -2.28. The Balaban J connectivity index is 1.31. The molecule has 190 valence electrons. The highest BCUT2D eigenvalue weighted by Gasteiger charge is 2.35. The number of hydrogen-bond donors (Lipinski definition) is 0. The quantitative estimate of drug-likeness (QED) is 0.314. The second kappa shape index (κ2) is 9.37. The molecule has 3 fully saturated rings. The molecule has 0 N–H and O–H groups in total. The fourth-order valence-electron chi connectivity index (χ4n) is 6.03. The Kier molecular flexibility index (Phi) is 6.05. The van der Waals surface area contributed by atoms with Gasteiger partial charge < -0.3 is 14.2 Å². The summed E-state index contributed by atoms with van der Waals surface area (Å²) < 4.78 is 45.0. The van der Waals surface area contributed by atoms with Crippen molar-refractivity contribution in [3.05, 3.63) is 42.2 Å². The van der Waals surface area contributed by atoms with Crippen LogP contribution in [0.3, 0.4) is 0 Å². The van der Waals surface area contributed by atoms with Crippen molar-refractivity contribution in [1.82, 2.24) is 9.38 Å². The smallest absolute Gasteiger partial charge is 0.387 e. The molecule has 0 aliphatic heterocycles. The van der Waals surface area contributed by atoms with Crippen LogP contribution in [-0.4, -0.2) is 35.0 Å². The van der Waals surface area contributed by atoms with Crippen LogP contribution in [0, 0.1) is 17.8 Å². The molecule has 8 heteroatoms. The highest BCUT2D eigenvalue weighted by molar-refractivity contribution is 6.02. The molecule has 3 aliphatic rings. The van der Waals surface area contributed by atoms with Gasteiger partial charge in [0, 0.05) is 24.2 Å². The number of hydrogen-bond acceptors (Lipinski definition) is 5. The number of pyridine rings is 1. The average molecular weight is 497 g/mol. The molecular weight excluding hydrogens is 466 g/mol. The van der Waals surface area contributed by atoms with E-state index in [4.69, 9.17) is 14.2 Å². The van der Waals surface area contributed by atoms with Crippen molar-refractivity contribution < 1.29 is 27.8 Å². The number of imidazole rings is 1. The molecule has 0 spiro atoms. The van der Waals surface area contributed by atoms with Gasteiger partial charge in [0.1, 0.15) is 28.5 Å². The molecule has 0 amide bonds. The van der Waals surface area contributed by atoms with E-state index in [2.05, 4.69) is 4.98 Å². The topological polar surface area (TPSA) is 62.1 Å². The summed E-state index contributed by atoms with van der Waals surface area (Å²) in [4.78, 5) is 17.4. The second-order valence-corrected chi connectivity index (χ2v) is 10.5. The van der Waals surface area contributed by atoms with Crippen LogP contribution in [0.25, 0.3) is 16.9 Å². The first-order valence-corrected chi connectivity index (χ1v) is 12.8. The van der Waals surface area contributed by atoms with Gasteiger partial charge in [-0.15, -0.1) is 0 Å². The Hall–Kier alpha value is -3.16. The number of carbonyl (C=O) groups is 1. The van der Waals surface area contributed by atoms with Crippen molar-refractivity contribution in [3.8, 4) is 28.5 Å². The summed E-state index contributed by atoms with van der Waals surface area (Å²) >= 11 is 0. The molecule has 3 atom stereocenters. The summed E-state index contributed by atoms with van der Waals surface area (Å²) in [5.74, 6) is 2.46. The predicted octanol–water partition coefficient (Wildman–Crippen LogP) is 6.55. The van der Waals surface area contributed by atoms with Crippen molar-refractivity contribution in [2.45, 2.75) is 64.1 Å². The molecule has 3 aliphatic carbocycles. The number of rotatable bonds is 9. The summed E-state index contributed by atoms with van der Waals surface area (Å²) in [7, 11) is 1.43. The SMILES string of the molecule is COc1cc(-c2cnc3cc(OC4C[C@H]5CC[C@@H](C4)C5)ccn23)cc(OC(F)F)c1C(=O)CC1CC1. The van der Waals surface area contributed by atoms with Gasteiger partial charge in [-0.2, -0.15) is 8.78 Å². The number of nitrogens with zero attached hydrogens (tertiary/aromatic N) is 2. The van der Waals surface area contributed by atoms with Gasteiger partial charge in [0.05, 0.1) is 25.1 Å². The highest BCUT2D eigenvalue weighted by Crippen LogP contribution is 2.43. The molecule has 2 aromatic heterocycles. The lowest BCUT2D eigenvalue weighted by atomic mass is 9.87. The number of Topliss-reactive ketones (excluding diaryl/α,β-unsaturated/α-hetero) is 1. The van der Waals surface area contributed by atoms with Gasteiger partial charge in [0.15, 0.2) is 5.78 Å². The number of carbonyl (C=O) groups excluding carboxylic acids is 1. The van der Waals surface area contributed by atoms with Gasteiger partial charge in [0.25, 0.3) is 0 Å². The molecule has 6 rings (SSSR count). The van der Waals surface area contributed by atoms with E-state index in [1.54, 1.807) is 12.3 Å². The van der Waals surface area contributed by atoms with E-state index in [-0.39, 0.29) is 28.9 Å². The zero-order valence-electron chi connectivity index (χ0n) is 20.3. The van der Waals surface area contributed by atoms with Crippen molar-refractivity contribution >= 4 is 11.4 Å². The Morgan fingerprint density at radius 3 is 2.53 bits per heavy atom. The van der Waals surface area contributed by atoms with Crippen LogP contribution in [-0.2, 0) is 0 Å². The number of halogens is 2. The predicted molar refractivity (Wildman–Crippen MR) is 130 cm³/mol. The van der Waals surface area contributed by atoms with Gasteiger partial charge in [-0.3, -0.25) is 9.20 Å². The minimum absolute atomic E-state index is 0.0689. The Labute approximate surface area is 208 Å². The van der Waals surface area contributed by atoms with Gasteiger partial charge in [-0.25, -0.2) is 4.98 Å². The maximum absolute atomic E-state index is 13.3. The maximum atomic E-state index is 13.3. The van der Waals surface area contributed by atoms with Gasteiger partial charge in [-0.1, -0.05) is 12.8 Å². The first-order valence-electron chi connectivity index (χ1n) is 12.8. The van der Waals surface area contributed by atoms with Crippen LogP contribution in [0.1, 0.15) is 61.7 Å². The van der Waals surface area contributed by atoms with Crippen LogP contribution in [0.5, 0.6) is 17.2 Å². The zero-order chi connectivity index (χ0) is 24.8. The third kappa shape index (κ3) is 4.65. The minimum Gasteiger partial charge on any atom is -0.496 e. The summed E-state index contributed by atoms with van der Waals surface area (Å²) in [6.07, 6.45) is 12.2. The largest absolute Gasteiger partial charge is 0.496 e. The lowest BCUT2D eigenvalue weighted by Crippen LogP contribution is -2.26. The average Bonchev–Trinajstić information content (AvgIpc) is 3.46. The summed E-state index contributed by atoms with van der Waals surface area (Å²) in [5, 5.41) is 0. The van der Waals surface area contributed by atoms with Crippen molar-refractivity contribution in [2.75, 3.05) is 7.11 Å². The molecule has 0 radical (unpaired) electrons. The number of aromatic nitrogens is 2. The normalized spacial score (nSPS) is 23.3. The molecule has 1 aromatic carbocycles. The van der Waals surface area contributed by atoms with Crippen molar-refractivity contribution in [2.24, 2.45) is 17.8 Å². The molecule has 3 saturated carbocycles. The Morgan fingerprint density at radius 2 is 1.83 bits per heavy atom. The number of benzene rings is 1. The lowest BCUT2D eigenvalue weighted by molar-refractivity contribution is -0.0502. The monoisotopic (exact) mass is 496 g/mol. The third-order valence-corrected chi connectivity index (χ3v) is 7.88. The summed E-state index contributed by atoms with van der Waals surface area (Å²) in [5.41, 5.74) is 1.99. The first-order chi connectivity index (χ1) is 17.5.